The van der Waals surface area contributed by atoms with Gasteiger partial charge in [0.15, 0.2) is 12.1 Å². The molecule has 6 heterocycles. The van der Waals surface area contributed by atoms with Gasteiger partial charge in [-0.2, -0.15) is 0 Å². The summed E-state index contributed by atoms with van der Waals surface area (Å²) in [6.07, 6.45) is -0.527. The molecule has 0 N–H and O–H groups in total. The van der Waals surface area contributed by atoms with Crippen molar-refractivity contribution in [2.75, 3.05) is 31.6 Å². The number of likely N-dealkylation sites (N-methyl/N-ethyl adjacent to an activating group) is 1. The Morgan fingerprint density at radius 1 is 1.15 bits per heavy atom. The van der Waals surface area contributed by atoms with E-state index in [0.29, 0.717) is 25.3 Å². The highest BCUT2D eigenvalue weighted by Gasteiger charge is 2.70. The quantitative estimate of drug-likeness (QED) is 0.513. The molecule has 3 fully saturated rings. The van der Waals surface area contributed by atoms with Crippen molar-refractivity contribution in [1.29, 1.82) is 0 Å². The van der Waals surface area contributed by atoms with Crippen molar-refractivity contribution >= 4 is 17.6 Å². The second-order valence-electron chi connectivity index (χ2n) is 11.3. The molecule has 3 saturated heterocycles. The number of likely N-dealkylation sites (tertiary alicyclic amines) is 1. The molecule has 0 saturated carbocycles. The van der Waals surface area contributed by atoms with Gasteiger partial charge in [-0.05, 0) is 33.9 Å². The first-order valence-corrected chi connectivity index (χ1v) is 13.6. The molecule has 5 aliphatic rings. The van der Waals surface area contributed by atoms with Gasteiger partial charge >= 0.3 is 5.97 Å². The minimum absolute atomic E-state index is 0.159. The summed E-state index contributed by atoms with van der Waals surface area (Å²) in [5, 5.41) is 8.53. The third kappa shape index (κ3) is 3.55. The van der Waals surface area contributed by atoms with Crippen LogP contribution in [0.25, 0.3) is 0 Å². The molecule has 2 aromatic rings. The summed E-state index contributed by atoms with van der Waals surface area (Å²) in [4.78, 5) is 32.3. The first kappa shape index (κ1) is 25.1. The van der Waals surface area contributed by atoms with Gasteiger partial charge in [-0.1, -0.05) is 23.4 Å². The number of hydrogen-bond donors (Lipinski definition) is 0. The van der Waals surface area contributed by atoms with Gasteiger partial charge in [0.25, 0.3) is 5.91 Å². The zero-order valence-corrected chi connectivity index (χ0v) is 22.5. The fraction of sp³-hybridized carbons (Fsp3) is 0.630. The predicted molar refractivity (Wildman–Crippen MR) is 134 cm³/mol. The zero-order chi connectivity index (χ0) is 27.1. The molecule has 1 spiro atoms. The molecule has 5 aliphatic heterocycles. The molecule has 12 heteroatoms. The van der Waals surface area contributed by atoms with Crippen molar-refractivity contribution in [1.82, 2.24) is 19.9 Å². The van der Waals surface area contributed by atoms with E-state index in [4.69, 9.17) is 23.7 Å². The largest absolute Gasteiger partial charge is 0.466 e. The average Bonchev–Trinajstić information content (AvgIpc) is 3.66. The summed E-state index contributed by atoms with van der Waals surface area (Å²) in [6.45, 7) is 7.06. The normalized spacial score (nSPS) is 36.8. The molecular formula is C27H33N5O7. The third-order valence-electron chi connectivity index (χ3n) is 8.69. The number of aromatic nitrogens is 3. The average molecular weight is 540 g/mol. The van der Waals surface area contributed by atoms with Crippen molar-refractivity contribution in [3.63, 3.8) is 0 Å². The number of esters is 1. The summed E-state index contributed by atoms with van der Waals surface area (Å²) >= 11 is 0. The van der Waals surface area contributed by atoms with Crippen LogP contribution in [0, 0.1) is 11.8 Å². The van der Waals surface area contributed by atoms with Crippen molar-refractivity contribution in [2.24, 2.45) is 11.8 Å². The van der Waals surface area contributed by atoms with Gasteiger partial charge in [0.1, 0.15) is 23.4 Å². The van der Waals surface area contributed by atoms with Gasteiger partial charge in [0, 0.05) is 30.3 Å². The van der Waals surface area contributed by atoms with Gasteiger partial charge < -0.3 is 28.6 Å². The van der Waals surface area contributed by atoms with Crippen LogP contribution in [0.15, 0.2) is 30.5 Å². The number of fused-ring (bicyclic) bond motifs is 10. The van der Waals surface area contributed by atoms with Crippen molar-refractivity contribution in [3.8, 4) is 0 Å². The van der Waals surface area contributed by atoms with Crippen molar-refractivity contribution in [3.05, 3.63) is 41.7 Å². The van der Waals surface area contributed by atoms with Gasteiger partial charge in [0.2, 0.25) is 0 Å². The molecule has 5 bridgehead atoms. The fourth-order valence-electron chi connectivity index (χ4n) is 7.27. The second kappa shape index (κ2) is 8.80. The molecule has 1 aromatic heterocycles. The van der Waals surface area contributed by atoms with E-state index in [1.54, 1.807) is 16.5 Å². The SMILES string of the molecule is CCOC(=O)[C@H]1[C@H]2CN(C)[C@]13C(=O)N(CCn1cc(nn1)CO[C@H]1[C@@H]4OC(C)(C)O[C@@H]4O[C@@H]21)c1ccccc13. The van der Waals surface area contributed by atoms with E-state index in [1.165, 1.54) is 0 Å². The van der Waals surface area contributed by atoms with Crippen molar-refractivity contribution < 1.29 is 33.3 Å². The maximum Gasteiger partial charge on any atom is 0.312 e. The molecule has 1 amide bonds. The van der Waals surface area contributed by atoms with Crippen LogP contribution in [0.4, 0.5) is 5.69 Å². The lowest BCUT2D eigenvalue weighted by atomic mass is 9.73. The van der Waals surface area contributed by atoms with Gasteiger partial charge in [-0.3, -0.25) is 19.2 Å². The summed E-state index contributed by atoms with van der Waals surface area (Å²) in [6, 6.07) is 7.69. The number of nitrogens with zero attached hydrogens (tertiary/aromatic N) is 5. The number of para-hydroxylation sites is 1. The molecule has 0 aliphatic carbocycles. The topological polar surface area (TPSA) is 117 Å². The van der Waals surface area contributed by atoms with Crippen molar-refractivity contribution in [2.45, 2.75) is 69.9 Å². The monoisotopic (exact) mass is 539 g/mol. The van der Waals surface area contributed by atoms with E-state index in [-0.39, 0.29) is 19.1 Å². The molecule has 7 rings (SSSR count). The van der Waals surface area contributed by atoms with E-state index in [0.717, 1.165) is 11.3 Å². The van der Waals surface area contributed by atoms with E-state index in [1.807, 2.05) is 56.3 Å². The van der Waals surface area contributed by atoms with Gasteiger partial charge in [-0.25, -0.2) is 0 Å². The molecule has 7 atom stereocenters. The van der Waals surface area contributed by atoms with Crippen LogP contribution in [-0.2, 0) is 52.0 Å². The second-order valence-corrected chi connectivity index (χ2v) is 11.3. The highest BCUT2D eigenvalue weighted by molar-refractivity contribution is 6.10. The first-order valence-electron chi connectivity index (χ1n) is 13.6. The van der Waals surface area contributed by atoms with Crippen LogP contribution in [-0.4, -0.2) is 88.9 Å². The standard InChI is InChI=1S/C27H33N5O7/c1-5-35-23(33)19-16-13-30(4)27(19)17-8-6-7-9-18(17)32(25(27)34)11-10-31-12-15(28-29-31)14-36-21-20(16)37-24-22(21)38-26(2,3)39-24/h6-9,12,16,19-22,24H,5,10-11,13-14H2,1-4H3/t16-,19-,20+,21-,22+,24+,27+/m1/s1. The fourth-order valence-corrected chi connectivity index (χ4v) is 7.27. The van der Waals surface area contributed by atoms with Crippen LogP contribution in [0.5, 0.6) is 0 Å². The van der Waals surface area contributed by atoms with E-state index in [2.05, 4.69) is 10.3 Å². The zero-order valence-electron chi connectivity index (χ0n) is 22.5. The molecular weight excluding hydrogens is 506 g/mol. The molecule has 39 heavy (non-hydrogen) atoms. The molecule has 0 unspecified atom stereocenters. The smallest absolute Gasteiger partial charge is 0.312 e. The Morgan fingerprint density at radius 3 is 2.79 bits per heavy atom. The number of carbonyl (C=O) groups excluding carboxylic acids is 2. The number of carbonyl (C=O) groups is 2. The molecule has 208 valence electrons. The van der Waals surface area contributed by atoms with E-state index in [9.17, 15) is 9.59 Å². The molecule has 1 aromatic carbocycles. The molecule has 0 radical (unpaired) electrons. The summed E-state index contributed by atoms with van der Waals surface area (Å²) in [5.74, 6) is -2.70. The maximum absolute atomic E-state index is 14.6. The third-order valence-corrected chi connectivity index (χ3v) is 8.69. The first-order chi connectivity index (χ1) is 18.7. The highest BCUT2D eigenvalue weighted by atomic mass is 16.8. The van der Waals surface area contributed by atoms with Crippen LogP contribution in [0.2, 0.25) is 0 Å². The lowest BCUT2D eigenvalue weighted by Crippen LogP contribution is -2.55. The highest BCUT2D eigenvalue weighted by Crippen LogP contribution is 2.57. The van der Waals surface area contributed by atoms with Crippen LogP contribution < -0.4 is 4.90 Å². The Labute approximate surface area is 226 Å². The Morgan fingerprint density at radius 2 is 1.97 bits per heavy atom. The summed E-state index contributed by atoms with van der Waals surface area (Å²) in [5.41, 5.74) is 0.972. The minimum Gasteiger partial charge on any atom is -0.466 e. The Hall–Kier alpha value is -2.90. The number of ether oxygens (including phenoxy) is 5. The Kier molecular flexibility index (Phi) is 5.66. The lowest BCUT2D eigenvalue weighted by Gasteiger charge is -2.37. The lowest BCUT2D eigenvalue weighted by molar-refractivity contribution is -0.227. The number of rotatable bonds is 2. The maximum atomic E-state index is 14.6. The number of amides is 1. The number of benzene rings is 1. The van der Waals surface area contributed by atoms with E-state index >= 15 is 0 Å². The van der Waals surface area contributed by atoms with Crippen LogP contribution >= 0.6 is 0 Å². The van der Waals surface area contributed by atoms with Crippen LogP contribution in [0.3, 0.4) is 0 Å². The van der Waals surface area contributed by atoms with Crippen LogP contribution in [0.1, 0.15) is 32.0 Å². The Balaban J connectivity index is 1.40. The number of anilines is 1. The Bertz CT molecular complexity index is 1310. The van der Waals surface area contributed by atoms with Gasteiger partial charge in [0.05, 0.1) is 38.0 Å². The minimum atomic E-state index is -1.25. The van der Waals surface area contributed by atoms with Gasteiger partial charge in [-0.15, -0.1) is 5.10 Å². The summed E-state index contributed by atoms with van der Waals surface area (Å²) < 4.78 is 32.7. The predicted octanol–water partition coefficient (Wildman–Crippen LogP) is 1.04. The molecule has 12 nitrogen and oxygen atoms in total. The summed E-state index contributed by atoms with van der Waals surface area (Å²) in [7, 11) is 1.90. The van der Waals surface area contributed by atoms with E-state index < -0.39 is 53.7 Å². The number of hydrogen-bond acceptors (Lipinski definition) is 10.